The zero-order valence-electron chi connectivity index (χ0n) is 9.08. The second kappa shape index (κ2) is 5.43. The molecule has 2 N–H and O–H groups in total. The molecule has 5 heteroatoms. The molecule has 2 nitrogen and oxygen atoms in total. The fourth-order valence-corrected chi connectivity index (χ4v) is 2.28. The Balaban J connectivity index is 2.41. The van der Waals surface area contributed by atoms with Crippen molar-refractivity contribution >= 4 is 54.9 Å². The van der Waals surface area contributed by atoms with Crippen LogP contribution in [-0.4, -0.2) is 5.78 Å². The molecule has 0 radical (unpaired) electrons. The maximum absolute atomic E-state index is 12.2. The number of rotatable bonds is 2. The van der Waals surface area contributed by atoms with E-state index in [0.29, 0.717) is 26.3 Å². The predicted octanol–water partition coefficient (Wildman–Crippen LogP) is 4.68. The average molecular weight is 389 g/mol. The van der Waals surface area contributed by atoms with Gasteiger partial charge in [0.1, 0.15) is 0 Å². The van der Waals surface area contributed by atoms with E-state index in [4.69, 9.17) is 17.3 Å². The molecule has 0 spiro atoms. The van der Waals surface area contributed by atoms with Crippen LogP contribution in [0.5, 0.6) is 0 Å². The van der Waals surface area contributed by atoms with Gasteiger partial charge in [0.2, 0.25) is 0 Å². The summed E-state index contributed by atoms with van der Waals surface area (Å²) in [5.74, 6) is -0.0925. The van der Waals surface area contributed by atoms with Crippen molar-refractivity contribution < 1.29 is 4.79 Å². The van der Waals surface area contributed by atoms with Crippen LogP contribution >= 0.6 is 43.5 Å². The van der Waals surface area contributed by atoms with Crippen LogP contribution in [0, 0.1) is 0 Å². The number of anilines is 1. The SMILES string of the molecule is Nc1ccc(C(=O)c2ccc(Br)c(Cl)c2)cc1Br. The Morgan fingerprint density at radius 3 is 2.22 bits per heavy atom. The van der Waals surface area contributed by atoms with Gasteiger partial charge in [-0.15, -0.1) is 0 Å². The van der Waals surface area contributed by atoms with Crippen LogP contribution in [0.3, 0.4) is 0 Å². The number of nitrogen functional groups attached to an aromatic ring is 1. The van der Waals surface area contributed by atoms with Crippen molar-refractivity contribution in [1.82, 2.24) is 0 Å². The molecule has 0 aliphatic heterocycles. The summed E-state index contributed by atoms with van der Waals surface area (Å²) < 4.78 is 1.47. The number of carbonyl (C=O) groups excluding carboxylic acids is 1. The summed E-state index contributed by atoms with van der Waals surface area (Å²) in [6.07, 6.45) is 0. The van der Waals surface area contributed by atoms with Crippen molar-refractivity contribution in [2.45, 2.75) is 0 Å². The molecule has 0 aliphatic carbocycles. The van der Waals surface area contributed by atoms with E-state index in [1.807, 2.05) is 0 Å². The first-order chi connectivity index (χ1) is 8.49. The summed E-state index contributed by atoms with van der Waals surface area (Å²) in [7, 11) is 0. The molecule has 0 unspecified atom stereocenters. The highest BCUT2D eigenvalue weighted by Crippen LogP contribution is 2.26. The fraction of sp³-hybridized carbons (Fsp3) is 0. The van der Waals surface area contributed by atoms with E-state index < -0.39 is 0 Å². The number of hydrogen-bond donors (Lipinski definition) is 1. The Morgan fingerprint density at radius 1 is 1.00 bits per heavy atom. The van der Waals surface area contributed by atoms with E-state index in [1.54, 1.807) is 36.4 Å². The summed E-state index contributed by atoms with van der Waals surface area (Å²) >= 11 is 12.6. The quantitative estimate of drug-likeness (QED) is 0.599. The number of benzene rings is 2. The van der Waals surface area contributed by atoms with E-state index in [0.717, 1.165) is 4.47 Å². The number of halogens is 3. The number of nitrogens with two attached hydrogens (primary N) is 1. The molecule has 0 aromatic heterocycles. The maximum Gasteiger partial charge on any atom is 0.193 e. The molecular formula is C13H8Br2ClNO. The van der Waals surface area contributed by atoms with E-state index in [1.165, 1.54) is 0 Å². The van der Waals surface area contributed by atoms with Crippen LogP contribution in [-0.2, 0) is 0 Å². The third kappa shape index (κ3) is 2.76. The zero-order chi connectivity index (χ0) is 13.3. The van der Waals surface area contributed by atoms with E-state index in [-0.39, 0.29) is 5.78 Å². The second-order valence-corrected chi connectivity index (χ2v) is 5.81. The number of carbonyl (C=O) groups is 1. The summed E-state index contributed by atoms with van der Waals surface area (Å²) in [5.41, 5.74) is 7.39. The minimum Gasteiger partial charge on any atom is -0.398 e. The maximum atomic E-state index is 12.2. The molecule has 0 saturated carbocycles. The summed E-state index contributed by atoms with van der Waals surface area (Å²) in [4.78, 5) is 12.2. The predicted molar refractivity (Wildman–Crippen MR) is 81.1 cm³/mol. The van der Waals surface area contributed by atoms with Crippen molar-refractivity contribution in [2.75, 3.05) is 5.73 Å². The normalized spacial score (nSPS) is 10.4. The Morgan fingerprint density at radius 2 is 1.61 bits per heavy atom. The van der Waals surface area contributed by atoms with Crippen LogP contribution in [0.4, 0.5) is 5.69 Å². The lowest BCUT2D eigenvalue weighted by atomic mass is 10.0. The van der Waals surface area contributed by atoms with E-state index in [9.17, 15) is 4.79 Å². The minimum absolute atomic E-state index is 0.0925. The summed E-state index contributed by atoms with van der Waals surface area (Å²) in [5, 5.41) is 0.510. The lowest BCUT2D eigenvalue weighted by Gasteiger charge is -2.05. The van der Waals surface area contributed by atoms with Crippen molar-refractivity contribution in [3.05, 3.63) is 61.5 Å². The molecule has 0 fully saturated rings. The highest BCUT2D eigenvalue weighted by molar-refractivity contribution is 9.11. The molecule has 0 amide bonds. The van der Waals surface area contributed by atoms with Gasteiger partial charge in [-0.2, -0.15) is 0 Å². The number of ketones is 1. The lowest BCUT2D eigenvalue weighted by Crippen LogP contribution is -2.02. The van der Waals surface area contributed by atoms with Crippen molar-refractivity contribution in [3.63, 3.8) is 0 Å². The highest BCUT2D eigenvalue weighted by Gasteiger charge is 2.11. The topological polar surface area (TPSA) is 43.1 Å². The van der Waals surface area contributed by atoms with Gasteiger partial charge in [-0.3, -0.25) is 4.79 Å². The molecule has 18 heavy (non-hydrogen) atoms. The third-order valence-electron chi connectivity index (χ3n) is 2.44. The van der Waals surface area contributed by atoms with Gasteiger partial charge in [-0.1, -0.05) is 11.6 Å². The van der Waals surface area contributed by atoms with E-state index >= 15 is 0 Å². The van der Waals surface area contributed by atoms with Crippen LogP contribution in [0.25, 0.3) is 0 Å². The molecule has 0 atom stereocenters. The van der Waals surface area contributed by atoms with Gasteiger partial charge in [-0.05, 0) is 68.3 Å². The highest BCUT2D eigenvalue weighted by atomic mass is 79.9. The van der Waals surface area contributed by atoms with Crippen LogP contribution in [0.2, 0.25) is 5.02 Å². The Bertz CT molecular complexity index is 575. The molecule has 0 aliphatic rings. The molecule has 2 aromatic rings. The fourth-order valence-electron chi connectivity index (χ4n) is 1.47. The van der Waals surface area contributed by atoms with Gasteiger partial charge in [0.25, 0.3) is 0 Å². The Labute approximate surface area is 126 Å². The van der Waals surface area contributed by atoms with Crippen LogP contribution < -0.4 is 5.73 Å². The molecule has 2 rings (SSSR count). The molecule has 92 valence electrons. The second-order valence-electron chi connectivity index (χ2n) is 3.69. The van der Waals surface area contributed by atoms with Gasteiger partial charge < -0.3 is 5.73 Å². The van der Waals surface area contributed by atoms with Gasteiger partial charge in [-0.25, -0.2) is 0 Å². The Kier molecular flexibility index (Phi) is 4.10. The van der Waals surface area contributed by atoms with Crippen LogP contribution in [0.1, 0.15) is 15.9 Å². The Hall–Kier alpha value is -0.840. The van der Waals surface area contributed by atoms with Gasteiger partial charge >= 0.3 is 0 Å². The molecule has 0 saturated heterocycles. The number of hydrogen-bond acceptors (Lipinski definition) is 2. The largest absolute Gasteiger partial charge is 0.398 e. The van der Waals surface area contributed by atoms with Gasteiger partial charge in [0.05, 0.1) is 5.02 Å². The first kappa shape index (κ1) is 13.6. The van der Waals surface area contributed by atoms with Crippen molar-refractivity contribution in [3.8, 4) is 0 Å². The first-order valence-electron chi connectivity index (χ1n) is 5.04. The van der Waals surface area contributed by atoms with Gasteiger partial charge in [0, 0.05) is 25.8 Å². The molecule has 0 heterocycles. The monoisotopic (exact) mass is 387 g/mol. The van der Waals surface area contributed by atoms with E-state index in [2.05, 4.69) is 31.9 Å². The minimum atomic E-state index is -0.0925. The first-order valence-corrected chi connectivity index (χ1v) is 7.00. The van der Waals surface area contributed by atoms with Crippen molar-refractivity contribution in [1.29, 1.82) is 0 Å². The summed E-state index contributed by atoms with van der Waals surface area (Å²) in [6, 6.07) is 10.2. The zero-order valence-corrected chi connectivity index (χ0v) is 13.0. The third-order valence-corrected chi connectivity index (χ3v) is 4.36. The molecule has 0 bridgehead atoms. The van der Waals surface area contributed by atoms with Crippen LogP contribution in [0.15, 0.2) is 45.3 Å². The van der Waals surface area contributed by atoms with Gasteiger partial charge in [0.15, 0.2) is 5.78 Å². The lowest BCUT2D eigenvalue weighted by molar-refractivity contribution is 0.103. The standard InChI is InChI=1S/C13H8Br2ClNO/c14-9-3-1-8(6-11(9)16)13(18)7-2-4-12(17)10(15)5-7/h1-6H,17H2. The van der Waals surface area contributed by atoms with Crippen molar-refractivity contribution in [2.24, 2.45) is 0 Å². The molecular weight excluding hydrogens is 381 g/mol. The summed E-state index contributed by atoms with van der Waals surface area (Å²) in [6.45, 7) is 0. The average Bonchev–Trinajstić information content (AvgIpc) is 2.35. The smallest absolute Gasteiger partial charge is 0.193 e. The molecule has 2 aromatic carbocycles.